The van der Waals surface area contributed by atoms with Gasteiger partial charge in [0.15, 0.2) is 0 Å². The van der Waals surface area contributed by atoms with E-state index in [9.17, 15) is 9.90 Å². The average molecular weight is 279 g/mol. The van der Waals surface area contributed by atoms with Crippen molar-refractivity contribution in [3.8, 4) is 0 Å². The van der Waals surface area contributed by atoms with Crippen molar-refractivity contribution in [1.82, 2.24) is 0 Å². The molecule has 0 bridgehead atoms. The van der Waals surface area contributed by atoms with Gasteiger partial charge in [-0.2, -0.15) is 0 Å². The maximum Gasteiger partial charge on any atom is 0.227 e. The normalized spacial score (nSPS) is 18.0. The van der Waals surface area contributed by atoms with Crippen LogP contribution in [-0.2, 0) is 4.79 Å². The van der Waals surface area contributed by atoms with Crippen molar-refractivity contribution in [2.45, 2.75) is 49.0 Å². The Labute approximate surface area is 118 Å². The summed E-state index contributed by atoms with van der Waals surface area (Å²) in [6, 6.07) is 7.74. The SMILES string of the molecule is CSc1ccccc1NC(=O)CC1(O)CCCCC1. The highest BCUT2D eigenvalue weighted by Crippen LogP contribution is 2.31. The summed E-state index contributed by atoms with van der Waals surface area (Å²) in [5, 5.41) is 13.3. The molecule has 1 aromatic rings. The Kier molecular flexibility index (Phi) is 4.88. The summed E-state index contributed by atoms with van der Waals surface area (Å²) in [7, 11) is 0. The van der Waals surface area contributed by atoms with Gasteiger partial charge in [-0.15, -0.1) is 11.8 Å². The van der Waals surface area contributed by atoms with Crippen LogP contribution in [0.5, 0.6) is 0 Å². The lowest BCUT2D eigenvalue weighted by atomic mass is 9.82. The maximum absolute atomic E-state index is 12.1. The molecule has 0 aliphatic heterocycles. The summed E-state index contributed by atoms with van der Waals surface area (Å²) in [6.07, 6.45) is 6.88. The van der Waals surface area contributed by atoms with Gasteiger partial charge in [0, 0.05) is 4.90 Å². The van der Waals surface area contributed by atoms with Gasteiger partial charge in [0.05, 0.1) is 17.7 Å². The molecule has 2 N–H and O–H groups in total. The van der Waals surface area contributed by atoms with Crippen LogP contribution in [0.15, 0.2) is 29.2 Å². The van der Waals surface area contributed by atoms with Crippen molar-refractivity contribution >= 4 is 23.4 Å². The first-order valence-electron chi connectivity index (χ1n) is 6.78. The zero-order chi connectivity index (χ0) is 13.7. The van der Waals surface area contributed by atoms with Gasteiger partial charge in [0.25, 0.3) is 0 Å². The van der Waals surface area contributed by atoms with E-state index in [1.807, 2.05) is 30.5 Å². The van der Waals surface area contributed by atoms with E-state index in [2.05, 4.69) is 5.32 Å². The van der Waals surface area contributed by atoms with Crippen LogP contribution < -0.4 is 5.32 Å². The lowest BCUT2D eigenvalue weighted by Crippen LogP contribution is -2.35. The van der Waals surface area contributed by atoms with E-state index in [-0.39, 0.29) is 12.3 Å². The number of hydrogen-bond donors (Lipinski definition) is 2. The molecule has 1 fully saturated rings. The van der Waals surface area contributed by atoms with E-state index in [1.54, 1.807) is 11.8 Å². The summed E-state index contributed by atoms with van der Waals surface area (Å²) in [4.78, 5) is 13.1. The summed E-state index contributed by atoms with van der Waals surface area (Å²) in [5.41, 5.74) is 0.0378. The van der Waals surface area contributed by atoms with Crippen molar-refractivity contribution in [3.63, 3.8) is 0 Å². The zero-order valence-corrected chi connectivity index (χ0v) is 12.1. The van der Waals surface area contributed by atoms with Crippen molar-refractivity contribution in [3.05, 3.63) is 24.3 Å². The van der Waals surface area contributed by atoms with Crippen LogP contribution in [0.4, 0.5) is 5.69 Å². The van der Waals surface area contributed by atoms with E-state index in [0.29, 0.717) is 0 Å². The van der Waals surface area contributed by atoms with Gasteiger partial charge in [-0.25, -0.2) is 0 Å². The third-order valence-electron chi connectivity index (χ3n) is 3.65. The topological polar surface area (TPSA) is 49.3 Å². The first-order valence-corrected chi connectivity index (χ1v) is 8.01. The Bertz CT molecular complexity index is 442. The van der Waals surface area contributed by atoms with Crippen LogP contribution in [-0.4, -0.2) is 22.9 Å². The first kappa shape index (κ1) is 14.4. The lowest BCUT2D eigenvalue weighted by molar-refractivity contribution is -0.122. The highest BCUT2D eigenvalue weighted by Gasteiger charge is 2.31. The Morgan fingerprint density at radius 2 is 2.00 bits per heavy atom. The van der Waals surface area contributed by atoms with Crippen LogP contribution in [0.1, 0.15) is 38.5 Å². The molecule has 1 aliphatic rings. The van der Waals surface area contributed by atoms with Crippen LogP contribution in [0.25, 0.3) is 0 Å². The Hall–Kier alpha value is -1.00. The number of rotatable bonds is 4. The molecule has 0 unspecified atom stereocenters. The highest BCUT2D eigenvalue weighted by molar-refractivity contribution is 7.98. The largest absolute Gasteiger partial charge is 0.389 e. The fraction of sp³-hybridized carbons (Fsp3) is 0.533. The van der Waals surface area contributed by atoms with Crippen molar-refractivity contribution in [1.29, 1.82) is 0 Å². The summed E-state index contributed by atoms with van der Waals surface area (Å²) in [6.45, 7) is 0. The molecule has 0 radical (unpaired) electrons. The molecular formula is C15H21NO2S. The number of amides is 1. The fourth-order valence-electron chi connectivity index (χ4n) is 2.63. The number of carbonyl (C=O) groups excluding carboxylic acids is 1. The molecular weight excluding hydrogens is 258 g/mol. The minimum absolute atomic E-state index is 0.0918. The summed E-state index contributed by atoms with van der Waals surface area (Å²) >= 11 is 1.61. The third-order valence-corrected chi connectivity index (χ3v) is 4.45. The van der Waals surface area contributed by atoms with Crippen molar-refractivity contribution in [2.24, 2.45) is 0 Å². The molecule has 1 aliphatic carbocycles. The predicted octanol–water partition coefficient (Wildman–Crippen LogP) is 3.43. The smallest absolute Gasteiger partial charge is 0.227 e. The van der Waals surface area contributed by atoms with Crippen LogP contribution in [0, 0.1) is 0 Å². The van der Waals surface area contributed by atoms with Gasteiger partial charge < -0.3 is 10.4 Å². The maximum atomic E-state index is 12.1. The second-order valence-corrected chi connectivity index (χ2v) is 6.06. The van der Waals surface area contributed by atoms with Crippen LogP contribution in [0.2, 0.25) is 0 Å². The van der Waals surface area contributed by atoms with E-state index in [0.717, 1.165) is 36.3 Å². The first-order chi connectivity index (χ1) is 9.13. The standard InChI is InChI=1S/C15H21NO2S/c1-19-13-8-4-3-7-12(13)16-14(17)11-15(18)9-5-2-6-10-15/h3-4,7-8,18H,2,5-6,9-11H2,1H3,(H,16,17). The second-order valence-electron chi connectivity index (χ2n) is 5.21. The van der Waals surface area contributed by atoms with Gasteiger partial charge in [-0.3, -0.25) is 4.79 Å². The van der Waals surface area contributed by atoms with E-state index >= 15 is 0 Å². The third kappa shape index (κ3) is 3.98. The molecule has 0 heterocycles. The molecule has 1 saturated carbocycles. The van der Waals surface area contributed by atoms with Crippen LogP contribution in [0.3, 0.4) is 0 Å². The Morgan fingerprint density at radius 1 is 1.32 bits per heavy atom. The quantitative estimate of drug-likeness (QED) is 0.830. The molecule has 104 valence electrons. The second kappa shape index (κ2) is 6.44. The number of anilines is 1. The molecule has 3 nitrogen and oxygen atoms in total. The zero-order valence-electron chi connectivity index (χ0n) is 11.3. The van der Waals surface area contributed by atoms with Gasteiger partial charge in [0.2, 0.25) is 5.91 Å². The molecule has 0 atom stereocenters. The van der Waals surface area contributed by atoms with Gasteiger partial charge in [-0.1, -0.05) is 31.4 Å². The average Bonchev–Trinajstić information content (AvgIpc) is 2.39. The predicted molar refractivity (Wildman–Crippen MR) is 79.5 cm³/mol. The van der Waals surface area contributed by atoms with Gasteiger partial charge in [-0.05, 0) is 31.2 Å². The molecule has 0 saturated heterocycles. The summed E-state index contributed by atoms with van der Waals surface area (Å²) < 4.78 is 0. The Morgan fingerprint density at radius 3 is 2.68 bits per heavy atom. The monoisotopic (exact) mass is 279 g/mol. The fourth-order valence-corrected chi connectivity index (χ4v) is 3.18. The molecule has 19 heavy (non-hydrogen) atoms. The number of nitrogens with one attached hydrogen (secondary N) is 1. The number of aliphatic hydroxyl groups is 1. The molecule has 1 aromatic carbocycles. The molecule has 0 aromatic heterocycles. The van der Waals surface area contributed by atoms with Gasteiger partial charge >= 0.3 is 0 Å². The molecule has 2 rings (SSSR count). The number of para-hydroxylation sites is 1. The van der Waals surface area contributed by atoms with E-state index < -0.39 is 5.60 Å². The molecule has 0 spiro atoms. The lowest BCUT2D eigenvalue weighted by Gasteiger charge is -2.31. The minimum Gasteiger partial charge on any atom is -0.389 e. The van der Waals surface area contributed by atoms with Gasteiger partial charge in [0.1, 0.15) is 0 Å². The molecule has 4 heteroatoms. The Balaban J connectivity index is 1.97. The van der Waals surface area contributed by atoms with E-state index in [4.69, 9.17) is 0 Å². The number of carbonyl (C=O) groups is 1. The number of benzene rings is 1. The van der Waals surface area contributed by atoms with Crippen molar-refractivity contribution < 1.29 is 9.90 Å². The van der Waals surface area contributed by atoms with Crippen molar-refractivity contribution in [2.75, 3.05) is 11.6 Å². The number of thioether (sulfide) groups is 1. The minimum atomic E-state index is -0.795. The highest BCUT2D eigenvalue weighted by atomic mass is 32.2. The summed E-state index contributed by atoms with van der Waals surface area (Å²) in [5.74, 6) is -0.0918. The van der Waals surface area contributed by atoms with E-state index in [1.165, 1.54) is 6.42 Å². The van der Waals surface area contributed by atoms with Crippen LogP contribution >= 0.6 is 11.8 Å². The molecule has 1 amide bonds. The number of hydrogen-bond acceptors (Lipinski definition) is 3.